The molecule has 2 aromatic rings. The lowest BCUT2D eigenvalue weighted by atomic mass is 10.1. The minimum absolute atomic E-state index is 0.251. The number of hydrogen-bond donors (Lipinski definition) is 0. The van der Waals surface area contributed by atoms with Crippen LogP contribution in [-0.4, -0.2) is 45.8 Å². The second-order valence-electron chi connectivity index (χ2n) is 6.60. The van der Waals surface area contributed by atoms with E-state index in [1.54, 1.807) is 19.2 Å². The zero-order valence-electron chi connectivity index (χ0n) is 15.2. The number of benzene rings is 1. The maximum atomic E-state index is 13.1. The van der Waals surface area contributed by atoms with Gasteiger partial charge in [-0.05, 0) is 37.0 Å². The first-order valence-corrected chi connectivity index (χ1v) is 9.09. The standard InChI is InChI=1S/C19H25FN4O2/c1-26-14-17-21-18(5-4-12-23-11-3-2-6-19(23)25)24(22-17)13-15-7-9-16(20)10-8-15/h7-10H,2-6,11-14H2,1H3. The largest absolute Gasteiger partial charge is 0.377 e. The maximum Gasteiger partial charge on any atom is 0.222 e. The highest BCUT2D eigenvalue weighted by Gasteiger charge is 2.18. The number of nitrogens with zero attached hydrogens (tertiary/aromatic N) is 4. The highest BCUT2D eigenvalue weighted by Crippen LogP contribution is 2.13. The van der Waals surface area contributed by atoms with Crippen LogP contribution >= 0.6 is 0 Å². The molecule has 0 aliphatic carbocycles. The molecule has 1 aliphatic heterocycles. The number of piperidine rings is 1. The molecule has 1 aromatic heterocycles. The second-order valence-corrected chi connectivity index (χ2v) is 6.60. The van der Waals surface area contributed by atoms with E-state index in [4.69, 9.17) is 4.74 Å². The van der Waals surface area contributed by atoms with Crippen molar-refractivity contribution in [2.24, 2.45) is 0 Å². The van der Waals surface area contributed by atoms with Gasteiger partial charge in [-0.3, -0.25) is 4.79 Å². The number of amides is 1. The van der Waals surface area contributed by atoms with E-state index in [-0.39, 0.29) is 11.7 Å². The van der Waals surface area contributed by atoms with Gasteiger partial charge in [-0.25, -0.2) is 14.1 Å². The van der Waals surface area contributed by atoms with Crippen LogP contribution in [-0.2, 0) is 29.1 Å². The highest BCUT2D eigenvalue weighted by molar-refractivity contribution is 5.76. The van der Waals surface area contributed by atoms with Gasteiger partial charge in [0.15, 0.2) is 5.82 Å². The molecule has 26 heavy (non-hydrogen) atoms. The van der Waals surface area contributed by atoms with Crippen molar-refractivity contribution in [1.82, 2.24) is 19.7 Å². The smallest absolute Gasteiger partial charge is 0.222 e. The Morgan fingerprint density at radius 3 is 2.77 bits per heavy atom. The number of carbonyl (C=O) groups excluding carboxylic acids is 1. The van der Waals surface area contributed by atoms with Crippen LogP contribution in [0, 0.1) is 5.82 Å². The van der Waals surface area contributed by atoms with E-state index in [0.717, 1.165) is 50.2 Å². The molecular weight excluding hydrogens is 335 g/mol. The van der Waals surface area contributed by atoms with Crippen LogP contribution in [0.15, 0.2) is 24.3 Å². The average Bonchev–Trinajstić information content (AvgIpc) is 3.00. The topological polar surface area (TPSA) is 60.2 Å². The fourth-order valence-electron chi connectivity index (χ4n) is 3.22. The molecule has 1 fully saturated rings. The van der Waals surface area contributed by atoms with Crippen molar-refractivity contribution < 1.29 is 13.9 Å². The molecule has 0 unspecified atom stereocenters. The fourth-order valence-corrected chi connectivity index (χ4v) is 3.22. The molecule has 1 saturated heterocycles. The first-order valence-electron chi connectivity index (χ1n) is 9.09. The van der Waals surface area contributed by atoms with E-state index in [0.29, 0.717) is 25.4 Å². The van der Waals surface area contributed by atoms with E-state index in [2.05, 4.69) is 10.1 Å². The van der Waals surface area contributed by atoms with Crippen LogP contribution < -0.4 is 0 Å². The van der Waals surface area contributed by atoms with Crippen molar-refractivity contribution in [3.05, 3.63) is 47.3 Å². The van der Waals surface area contributed by atoms with Crippen LogP contribution in [0.2, 0.25) is 0 Å². The van der Waals surface area contributed by atoms with E-state index in [1.165, 1.54) is 12.1 Å². The van der Waals surface area contributed by atoms with E-state index in [9.17, 15) is 9.18 Å². The summed E-state index contributed by atoms with van der Waals surface area (Å²) in [5.41, 5.74) is 0.965. The SMILES string of the molecule is COCc1nc(CCCN2CCCCC2=O)n(Cc2ccc(F)cc2)n1. The second kappa shape index (κ2) is 8.89. The Bertz CT molecular complexity index is 730. The molecule has 1 aliphatic rings. The summed E-state index contributed by atoms with van der Waals surface area (Å²) in [6.07, 6.45) is 4.34. The van der Waals surface area contributed by atoms with Crippen molar-refractivity contribution in [2.75, 3.05) is 20.2 Å². The fraction of sp³-hybridized carbons (Fsp3) is 0.526. The molecule has 0 atom stereocenters. The Morgan fingerprint density at radius 1 is 1.23 bits per heavy atom. The molecule has 0 spiro atoms. The van der Waals surface area contributed by atoms with E-state index < -0.39 is 0 Å². The van der Waals surface area contributed by atoms with Crippen molar-refractivity contribution in [2.45, 2.75) is 45.3 Å². The molecule has 6 nitrogen and oxygen atoms in total. The molecule has 0 N–H and O–H groups in total. The molecule has 0 saturated carbocycles. The van der Waals surface area contributed by atoms with Crippen LogP contribution in [0.5, 0.6) is 0 Å². The third kappa shape index (κ3) is 4.88. The Balaban J connectivity index is 1.64. The Hall–Kier alpha value is -2.28. The van der Waals surface area contributed by atoms with Gasteiger partial charge < -0.3 is 9.64 Å². The summed E-state index contributed by atoms with van der Waals surface area (Å²) in [4.78, 5) is 18.4. The van der Waals surface area contributed by atoms with Gasteiger partial charge in [0.05, 0.1) is 6.54 Å². The van der Waals surface area contributed by atoms with Crippen molar-refractivity contribution in [3.63, 3.8) is 0 Å². The number of hydrogen-bond acceptors (Lipinski definition) is 4. The predicted octanol–water partition coefficient (Wildman–Crippen LogP) is 2.56. The number of likely N-dealkylation sites (tertiary alicyclic amines) is 1. The molecule has 2 heterocycles. The van der Waals surface area contributed by atoms with Crippen LogP contribution in [0.1, 0.15) is 42.9 Å². The number of rotatable bonds is 8. The number of carbonyl (C=O) groups is 1. The molecule has 1 aromatic carbocycles. The van der Waals surface area contributed by atoms with Gasteiger partial charge >= 0.3 is 0 Å². The summed E-state index contributed by atoms with van der Waals surface area (Å²) in [6.45, 7) is 2.50. The number of aryl methyl sites for hydroxylation is 1. The average molecular weight is 360 g/mol. The van der Waals surface area contributed by atoms with Crippen LogP contribution in [0.3, 0.4) is 0 Å². The molecular formula is C19H25FN4O2. The molecule has 140 valence electrons. The van der Waals surface area contributed by atoms with Crippen LogP contribution in [0.4, 0.5) is 4.39 Å². The summed E-state index contributed by atoms with van der Waals surface area (Å²) >= 11 is 0. The predicted molar refractivity (Wildman–Crippen MR) is 95.0 cm³/mol. The number of aromatic nitrogens is 3. The zero-order chi connectivity index (χ0) is 18.4. The summed E-state index contributed by atoms with van der Waals surface area (Å²) < 4.78 is 20.1. The third-order valence-corrected chi connectivity index (χ3v) is 4.56. The maximum absolute atomic E-state index is 13.1. The monoisotopic (exact) mass is 360 g/mol. The van der Waals surface area contributed by atoms with Gasteiger partial charge in [-0.1, -0.05) is 12.1 Å². The third-order valence-electron chi connectivity index (χ3n) is 4.56. The van der Waals surface area contributed by atoms with Gasteiger partial charge in [0.25, 0.3) is 0 Å². The first kappa shape index (κ1) is 18.5. The van der Waals surface area contributed by atoms with Gasteiger partial charge in [0, 0.05) is 33.0 Å². The molecule has 1 amide bonds. The lowest BCUT2D eigenvalue weighted by Gasteiger charge is -2.26. The van der Waals surface area contributed by atoms with Gasteiger partial charge in [0.1, 0.15) is 18.2 Å². The summed E-state index contributed by atoms with van der Waals surface area (Å²) in [7, 11) is 1.61. The minimum atomic E-state index is -0.251. The Morgan fingerprint density at radius 2 is 2.04 bits per heavy atom. The zero-order valence-corrected chi connectivity index (χ0v) is 15.2. The van der Waals surface area contributed by atoms with E-state index in [1.807, 2.05) is 9.58 Å². The van der Waals surface area contributed by atoms with Crippen LogP contribution in [0.25, 0.3) is 0 Å². The molecule has 0 bridgehead atoms. The van der Waals surface area contributed by atoms with E-state index >= 15 is 0 Å². The number of methoxy groups -OCH3 is 1. The summed E-state index contributed by atoms with van der Waals surface area (Å²) in [5.74, 6) is 1.51. The quantitative estimate of drug-likeness (QED) is 0.726. The number of halogens is 1. The van der Waals surface area contributed by atoms with Crippen molar-refractivity contribution in [1.29, 1.82) is 0 Å². The minimum Gasteiger partial charge on any atom is -0.377 e. The molecule has 7 heteroatoms. The Kier molecular flexibility index (Phi) is 6.33. The normalized spacial score (nSPS) is 14.8. The van der Waals surface area contributed by atoms with Crippen molar-refractivity contribution in [3.8, 4) is 0 Å². The Labute approximate surface area is 153 Å². The summed E-state index contributed by atoms with van der Waals surface area (Å²) in [6, 6.07) is 6.40. The summed E-state index contributed by atoms with van der Waals surface area (Å²) in [5, 5.41) is 4.50. The lowest BCUT2D eigenvalue weighted by Crippen LogP contribution is -2.36. The number of ether oxygens (including phenoxy) is 1. The molecule has 0 radical (unpaired) electrons. The van der Waals surface area contributed by atoms with Gasteiger partial charge in [-0.15, -0.1) is 0 Å². The van der Waals surface area contributed by atoms with Gasteiger partial charge in [-0.2, -0.15) is 5.10 Å². The first-order chi connectivity index (χ1) is 12.7. The van der Waals surface area contributed by atoms with Gasteiger partial charge in [0.2, 0.25) is 5.91 Å². The van der Waals surface area contributed by atoms with Crippen molar-refractivity contribution >= 4 is 5.91 Å². The molecule has 3 rings (SSSR count). The highest BCUT2D eigenvalue weighted by atomic mass is 19.1. The lowest BCUT2D eigenvalue weighted by molar-refractivity contribution is -0.133.